The van der Waals surface area contributed by atoms with Gasteiger partial charge in [0.25, 0.3) is 0 Å². The molecule has 1 aromatic rings. The summed E-state index contributed by atoms with van der Waals surface area (Å²) in [7, 11) is 0. The molecule has 0 saturated heterocycles. The van der Waals surface area contributed by atoms with E-state index in [0.717, 1.165) is 11.1 Å². The Labute approximate surface area is 90.1 Å². The van der Waals surface area contributed by atoms with Crippen LogP contribution in [0.1, 0.15) is 18.1 Å². The maximum Gasteiger partial charge on any atom is 0.160 e. The highest BCUT2D eigenvalue weighted by molar-refractivity contribution is 6.21. The van der Waals surface area contributed by atoms with Gasteiger partial charge in [-0.1, -0.05) is 30.9 Å². The van der Waals surface area contributed by atoms with Crippen molar-refractivity contribution in [2.75, 3.05) is 5.73 Å². The van der Waals surface area contributed by atoms with Gasteiger partial charge in [0, 0.05) is 16.8 Å². The Kier molecular flexibility index (Phi) is 3.45. The molecular formula is C13H15NO. The van der Waals surface area contributed by atoms with Gasteiger partial charge in [0.1, 0.15) is 0 Å². The number of Topliss-reactive ketones (excluding diaryl/α,β-unsaturated/α-hetero) is 1. The topological polar surface area (TPSA) is 43.1 Å². The Morgan fingerprint density at radius 2 is 2.13 bits per heavy atom. The van der Waals surface area contributed by atoms with Gasteiger partial charge in [-0.2, -0.15) is 0 Å². The first kappa shape index (κ1) is 11.2. The standard InChI is InChI=1S/C13H15NO/c1-4-5-11(10(3)15)12-7-6-9(2)8-13(12)14/h4-8H,1,14H2,2-3H3/b11-5-. The molecule has 2 heteroatoms. The molecule has 0 bridgehead atoms. The lowest BCUT2D eigenvalue weighted by molar-refractivity contribution is -0.111. The van der Waals surface area contributed by atoms with Crippen LogP contribution in [-0.2, 0) is 4.79 Å². The van der Waals surface area contributed by atoms with Crippen LogP contribution >= 0.6 is 0 Å². The molecule has 1 aromatic carbocycles. The predicted molar refractivity (Wildman–Crippen MR) is 64.4 cm³/mol. The van der Waals surface area contributed by atoms with Crippen LogP contribution in [0, 0.1) is 6.92 Å². The molecule has 78 valence electrons. The maximum absolute atomic E-state index is 11.4. The highest BCUT2D eigenvalue weighted by Gasteiger charge is 2.09. The lowest BCUT2D eigenvalue weighted by Gasteiger charge is -2.07. The van der Waals surface area contributed by atoms with Crippen molar-refractivity contribution in [3.63, 3.8) is 0 Å². The molecule has 0 radical (unpaired) electrons. The molecule has 0 spiro atoms. The summed E-state index contributed by atoms with van der Waals surface area (Å²) in [5, 5.41) is 0. The minimum absolute atomic E-state index is 0.00884. The normalized spacial score (nSPS) is 11.2. The zero-order valence-corrected chi connectivity index (χ0v) is 9.08. The fourth-order valence-electron chi connectivity index (χ4n) is 1.44. The monoisotopic (exact) mass is 201 g/mol. The van der Waals surface area contributed by atoms with E-state index in [1.54, 1.807) is 12.2 Å². The third-order valence-electron chi connectivity index (χ3n) is 2.16. The first-order valence-electron chi connectivity index (χ1n) is 4.76. The van der Waals surface area contributed by atoms with Crippen molar-refractivity contribution in [2.24, 2.45) is 0 Å². The number of hydrogen-bond donors (Lipinski definition) is 1. The number of allylic oxidation sites excluding steroid dienone is 3. The van der Waals surface area contributed by atoms with E-state index in [1.165, 1.54) is 6.92 Å². The molecule has 0 aromatic heterocycles. The molecule has 0 aliphatic heterocycles. The summed E-state index contributed by atoms with van der Waals surface area (Å²) < 4.78 is 0. The molecule has 2 N–H and O–H groups in total. The lowest BCUT2D eigenvalue weighted by Crippen LogP contribution is -2.00. The number of rotatable bonds is 3. The largest absolute Gasteiger partial charge is 0.398 e. The SMILES string of the molecule is C=C/C=C(/C(C)=O)c1ccc(C)cc1N. The summed E-state index contributed by atoms with van der Waals surface area (Å²) in [6.07, 6.45) is 3.28. The molecule has 0 amide bonds. The van der Waals surface area contributed by atoms with Crippen LogP contribution in [0.25, 0.3) is 5.57 Å². The van der Waals surface area contributed by atoms with Gasteiger partial charge in [-0.15, -0.1) is 0 Å². The number of benzene rings is 1. The number of anilines is 1. The van der Waals surface area contributed by atoms with Crippen LogP contribution in [-0.4, -0.2) is 5.78 Å². The summed E-state index contributed by atoms with van der Waals surface area (Å²) in [5.74, 6) is -0.00884. The fraction of sp³-hybridized carbons (Fsp3) is 0.154. The number of nitrogens with two attached hydrogens (primary N) is 1. The highest BCUT2D eigenvalue weighted by atomic mass is 16.1. The van der Waals surface area contributed by atoms with Crippen LogP contribution in [0.15, 0.2) is 36.9 Å². The average molecular weight is 201 g/mol. The van der Waals surface area contributed by atoms with E-state index in [-0.39, 0.29) is 5.78 Å². The van der Waals surface area contributed by atoms with E-state index in [9.17, 15) is 4.79 Å². The van der Waals surface area contributed by atoms with Gasteiger partial charge in [0.05, 0.1) is 0 Å². The Morgan fingerprint density at radius 1 is 1.47 bits per heavy atom. The summed E-state index contributed by atoms with van der Waals surface area (Å²) >= 11 is 0. The Bertz CT molecular complexity index is 430. The molecule has 15 heavy (non-hydrogen) atoms. The summed E-state index contributed by atoms with van der Waals surface area (Å²) in [4.78, 5) is 11.4. The summed E-state index contributed by atoms with van der Waals surface area (Å²) in [5.41, 5.74) is 8.94. The van der Waals surface area contributed by atoms with Gasteiger partial charge in [0.2, 0.25) is 0 Å². The number of hydrogen-bond acceptors (Lipinski definition) is 2. The Balaban J connectivity index is 3.30. The van der Waals surface area contributed by atoms with Gasteiger partial charge in [-0.25, -0.2) is 0 Å². The maximum atomic E-state index is 11.4. The van der Waals surface area contributed by atoms with E-state index in [1.807, 2.05) is 25.1 Å². The second kappa shape index (κ2) is 4.60. The van der Waals surface area contributed by atoms with Crippen molar-refractivity contribution in [1.29, 1.82) is 0 Å². The van der Waals surface area contributed by atoms with E-state index in [0.29, 0.717) is 11.3 Å². The first-order chi connectivity index (χ1) is 7.06. The van der Waals surface area contributed by atoms with Gasteiger partial charge in [0.15, 0.2) is 5.78 Å². The quantitative estimate of drug-likeness (QED) is 0.464. The van der Waals surface area contributed by atoms with E-state index >= 15 is 0 Å². The fourth-order valence-corrected chi connectivity index (χ4v) is 1.44. The minimum Gasteiger partial charge on any atom is -0.398 e. The number of aryl methyl sites for hydroxylation is 1. The van der Waals surface area contributed by atoms with Crippen LogP contribution in [0.4, 0.5) is 5.69 Å². The Hall–Kier alpha value is -1.83. The molecule has 0 heterocycles. The predicted octanol–water partition coefficient (Wildman–Crippen LogP) is 2.74. The Morgan fingerprint density at radius 3 is 2.60 bits per heavy atom. The smallest absolute Gasteiger partial charge is 0.160 e. The number of carbonyl (C=O) groups is 1. The molecule has 0 fully saturated rings. The van der Waals surface area contributed by atoms with Crippen molar-refractivity contribution in [1.82, 2.24) is 0 Å². The van der Waals surface area contributed by atoms with Crippen molar-refractivity contribution in [2.45, 2.75) is 13.8 Å². The van der Waals surface area contributed by atoms with E-state index in [2.05, 4.69) is 6.58 Å². The molecule has 0 saturated carbocycles. The molecular weight excluding hydrogens is 186 g/mol. The average Bonchev–Trinajstić information content (AvgIpc) is 2.15. The molecule has 0 aliphatic carbocycles. The van der Waals surface area contributed by atoms with Crippen molar-refractivity contribution < 1.29 is 4.79 Å². The second-order valence-corrected chi connectivity index (χ2v) is 3.46. The van der Waals surface area contributed by atoms with Crippen molar-refractivity contribution >= 4 is 17.0 Å². The molecule has 2 nitrogen and oxygen atoms in total. The van der Waals surface area contributed by atoms with Crippen LogP contribution in [0.3, 0.4) is 0 Å². The van der Waals surface area contributed by atoms with Gasteiger partial charge >= 0.3 is 0 Å². The summed E-state index contributed by atoms with van der Waals surface area (Å²) in [6.45, 7) is 7.07. The van der Waals surface area contributed by atoms with Gasteiger partial charge in [-0.05, 0) is 25.5 Å². The third-order valence-corrected chi connectivity index (χ3v) is 2.16. The number of ketones is 1. The molecule has 1 rings (SSSR count). The molecule has 0 aliphatic rings. The first-order valence-corrected chi connectivity index (χ1v) is 4.76. The van der Waals surface area contributed by atoms with Gasteiger partial charge in [-0.3, -0.25) is 4.79 Å². The van der Waals surface area contributed by atoms with E-state index in [4.69, 9.17) is 5.73 Å². The zero-order chi connectivity index (χ0) is 11.4. The van der Waals surface area contributed by atoms with Crippen molar-refractivity contribution in [3.8, 4) is 0 Å². The third kappa shape index (κ3) is 2.56. The number of nitrogen functional groups attached to an aromatic ring is 1. The number of carbonyl (C=O) groups excluding carboxylic acids is 1. The van der Waals surface area contributed by atoms with Crippen LogP contribution < -0.4 is 5.73 Å². The molecule has 0 unspecified atom stereocenters. The second-order valence-electron chi connectivity index (χ2n) is 3.46. The zero-order valence-electron chi connectivity index (χ0n) is 9.08. The van der Waals surface area contributed by atoms with E-state index < -0.39 is 0 Å². The highest BCUT2D eigenvalue weighted by Crippen LogP contribution is 2.23. The molecule has 0 atom stereocenters. The minimum atomic E-state index is -0.00884. The summed E-state index contributed by atoms with van der Waals surface area (Å²) in [6, 6.07) is 5.65. The van der Waals surface area contributed by atoms with Crippen LogP contribution in [0.2, 0.25) is 0 Å². The lowest BCUT2D eigenvalue weighted by atomic mass is 9.99. The van der Waals surface area contributed by atoms with Crippen LogP contribution in [0.5, 0.6) is 0 Å². The van der Waals surface area contributed by atoms with Crippen molar-refractivity contribution in [3.05, 3.63) is 48.1 Å². The van der Waals surface area contributed by atoms with Gasteiger partial charge < -0.3 is 5.73 Å².